The predicted molar refractivity (Wildman–Crippen MR) is 161 cm³/mol. The molecule has 0 radical (unpaired) electrons. The monoisotopic (exact) mass is 540 g/mol. The van der Waals surface area contributed by atoms with E-state index in [0.29, 0.717) is 49.5 Å². The van der Waals surface area contributed by atoms with Crippen LogP contribution < -0.4 is 10.2 Å². The van der Waals surface area contributed by atoms with Crippen molar-refractivity contribution >= 4 is 29.1 Å². The van der Waals surface area contributed by atoms with Crippen LogP contribution >= 0.6 is 0 Å². The number of hydrogen-bond acceptors (Lipinski definition) is 4. The Balaban J connectivity index is 1.56. The standard InChI is InChI=1S/C33H40N4O3/c1-4-28(25-14-9-7-10-15-25)32(39)37-21-13-20-36(22-23-37)30-19-18-27(24-29(30)33(40)35(5-2)6-3)34-31(38)26-16-11-8-12-17-26/h7-12,14-19,24,28H,4-6,13,20-23H2,1-3H3,(H,34,38)/t28-/m1/s1. The molecule has 1 N–H and O–H groups in total. The van der Waals surface area contributed by atoms with Gasteiger partial charge in [-0.15, -0.1) is 0 Å². The predicted octanol–water partition coefficient (Wildman–Crippen LogP) is 5.65. The van der Waals surface area contributed by atoms with Gasteiger partial charge in [-0.1, -0.05) is 55.5 Å². The van der Waals surface area contributed by atoms with E-state index in [4.69, 9.17) is 0 Å². The molecule has 0 bridgehead atoms. The van der Waals surface area contributed by atoms with Crippen LogP contribution in [0.1, 0.15) is 65.8 Å². The van der Waals surface area contributed by atoms with Gasteiger partial charge >= 0.3 is 0 Å². The minimum atomic E-state index is -0.220. The second-order valence-corrected chi connectivity index (χ2v) is 10.1. The van der Waals surface area contributed by atoms with Crippen molar-refractivity contribution in [1.82, 2.24) is 9.80 Å². The van der Waals surface area contributed by atoms with Gasteiger partial charge in [-0.3, -0.25) is 14.4 Å². The lowest BCUT2D eigenvalue weighted by atomic mass is 9.95. The summed E-state index contributed by atoms with van der Waals surface area (Å²) in [5.41, 5.74) is 3.58. The topological polar surface area (TPSA) is 73.0 Å². The van der Waals surface area contributed by atoms with Crippen molar-refractivity contribution in [3.05, 3.63) is 95.6 Å². The van der Waals surface area contributed by atoms with Crippen molar-refractivity contribution in [2.24, 2.45) is 0 Å². The molecule has 0 aromatic heterocycles. The molecule has 1 atom stereocenters. The van der Waals surface area contributed by atoms with Crippen molar-refractivity contribution < 1.29 is 14.4 Å². The number of benzene rings is 3. The van der Waals surface area contributed by atoms with Crippen molar-refractivity contribution in [3.63, 3.8) is 0 Å². The van der Waals surface area contributed by atoms with Gasteiger partial charge in [0.25, 0.3) is 11.8 Å². The summed E-state index contributed by atoms with van der Waals surface area (Å²) in [4.78, 5) is 46.0. The SMILES string of the molecule is CC[C@@H](C(=O)N1CCCN(c2ccc(NC(=O)c3ccccc3)cc2C(=O)N(CC)CC)CC1)c1ccccc1. The fourth-order valence-electron chi connectivity index (χ4n) is 5.37. The third-order valence-electron chi connectivity index (χ3n) is 7.63. The number of anilines is 2. The zero-order valence-electron chi connectivity index (χ0n) is 23.8. The van der Waals surface area contributed by atoms with Crippen molar-refractivity contribution in [3.8, 4) is 0 Å². The van der Waals surface area contributed by atoms with Gasteiger partial charge in [-0.25, -0.2) is 0 Å². The molecule has 0 spiro atoms. The molecule has 0 saturated carbocycles. The van der Waals surface area contributed by atoms with Gasteiger partial charge in [0.05, 0.1) is 11.5 Å². The van der Waals surface area contributed by atoms with Gasteiger partial charge < -0.3 is 20.0 Å². The number of amides is 3. The molecule has 3 aromatic rings. The Hall–Kier alpha value is -4.13. The highest BCUT2D eigenvalue weighted by Gasteiger charge is 2.28. The summed E-state index contributed by atoms with van der Waals surface area (Å²) in [6.07, 6.45) is 1.56. The Labute approximate surface area is 237 Å². The van der Waals surface area contributed by atoms with Gasteiger partial charge in [0.2, 0.25) is 5.91 Å². The maximum absolute atomic E-state index is 13.6. The van der Waals surface area contributed by atoms with Gasteiger partial charge in [-0.05, 0) is 62.6 Å². The van der Waals surface area contributed by atoms with Crippen LogP contribution in [-0.2, 0) is 4.79 Å². The zero-order valence-corrected chi connectivity index (χ0v) is 23.8. The van der Waals surface area contributed by atoms with E-state index in [1.54, 1.807) is 23.1 Å². The van der Waals surface area contributed by atoms with Gasteiger partial charge in [-0.2, -0.15) is 0 Å². The number of carbonyl (C=O) groups excluding carboxylic acids is 3. The third kappa shape index (κ3) is 6.71. The molecule has 7 nitrogen and oxygen atoms in total. The maximum Gasteiger partial charge on any atom is 0.256 e. The summed E-state index contributed by atoms with van der Waals surface area (Å²) < 4.78 is 0. The van der Waals surface area contributed by atoms with E-state index < -0.39 is 0 Å². The van der Waals surface area contributed by atoms with E-state index in [0.717, 1.165) is 30.6 Å². The van der Waals surface area contributed by atoms with Crippen molar-refractivity contribution in [2.45, 2.75) is 39.5 Å². The summed E-state index contributed by atoms with van der Waals surface area (Å²) in [6.45, 7) is 9.82. The van der Waals surface area contributed by atoms with Crippen LogP contribution in [0.3, 0.4) is 0 Å². The smallest absolute Gasteiger partial charge is 0.256 e. The lowest BCUT2D eigenvalue weighted by Gasteiger charge is -2.29. The number of rotatable bonds is 9. The van der Waals surface area contributed by atoms with Gasteiger partial charge in [0.15, 0.2) is 0 Å². The minimum Gasteiger partial charge on any atom is -0.369 e. The Morgan fingerprint density at radius 2 is 1.50 bits per heavy atom. The molecule has 3 aromatic carbocycles. The summed E-state index contributed by atoms with van der Waals surface area (Å²) in [7, 11) is 0. The highest BCUT2D eigenvalue weighted by Crippen LogP contribution is 2.29. The molecule has 1 fully saturated rings. The van der Waals surface area contributed by atoms with E-state index in [9.17, 15) is 14.4 Å². The van der Waals surface area contributed by atoms with Crippen LogP contribution in [0.25, 0.3) is 0 Å². The maximum atomic E-state index is 13.6. The Kier molecular flexibility index (Phi) is 9.95. The van der Waals surface area contributed by atoms with E-state index >= 15 is 0 Å². The molecular weight excluding hydrogens is 500 g/mol. The summed E-state index contributed by atoms with van der Waals surface area (Å²) in [5.74, 6) is -0.278. The minimum absolute atomic E-state index is 0.0666. The first-order chi connectivity index (χ1) is 19.5. The van der Waals surface area contributed by atoms with E-state index in [-0.39, 0.29) is 23.6 Å². The normalized spacial score (nSPS) is 14.3. The van der Waals surface area contributed by atoms with E-state index in [1.807, 2.05) is 79.4 Å². The van der Waals surface area contributed by atoms with Gasteiger partial charge in [0, 0.05) is 56.2 Å². The van der Waals surface area contributed by atoms with Crippen molar-refractivity contribution in [1.29, 1.82) is 0 Å². The number of carbonyl (C=O) groups is 3. The molecule has 4 rings (SSSR count). The lowest BCUT2D eigenvalue weighted by molar-refractivity contribution is -0.132. The van der Waals surface area contributed by atoms with Crippen LogP contribution in [-0.4, -0.2) is 66.8 Å². The molecule has 1 saturated heterocycles. The van der Waals surface area contributed by atoms with Crippen LogP contribution in [0.4, 0.5) is 11.4 Å². The summed E-state index contributed by atoms with van der Waals surface area (Å²) in [6, 6.07) is 24.6. The highest BCUT2D eigenvalue weighted by atomic mass is 16.2. The lowest BCUT2D eigenvalue weighted by Crippen LogP contribution is -2.38. The van der Waals surface area contributed by atoms with Gasteiger partial charge in [0.1, 0.15) is 0 Å². The average molecular weight is 541 g/mol. The number of nitrogens with zero attached hydrogens (tertiary/aromatic N) is 3. The third-order valence-corrected chi connectivity index (χ3v) is 7.63. The number of nitrogens with one attached hydrogen (secondary N) is 1. The second kappa shape index (κ2) is 13.8. The van der Waals surface area contributed by atoms with Crippen LogP contribution in [0.15, 0.2) is 78.9 Å². The average Bonchev–Trinajstić information content (AvgIpc) is 3.25. The molecule has 0 unspecified atom stereocenters. The molecule has 7 heteroatoms. The fourth-order valence-corrected chi connectivity index (χ4v) is 5.37. The zero-order chi connectivity index (χ0) is 28.5. The first-order valence-corrected chi connectivity index (χ1v) is 14.3. The van der Waals surface area contributed by atoms with Crippen LogP contribution in [0, 0.1) is 0 Å². The molecule has 40 heavy (non-hydrogen) atoms. The highest BCUT2D eigenvalue weighted by molar-refractivity contribution is 6.06. The first kappa shape index (κ1) is 28.9. The fraction of sp³-hybridized carbons (Fsp3) is 0.364. The van der Waals surface area contributed by atoms with Crippen LogP contribution in [0.2, 0.25) is 0 Å². The molecule has 1 aliphatic rings. The molecule has 1 aliphatic heterocycles. The summed E-state index contributed by atoms with van der Waals surface area (Å²) in [5, 5.41) is 2.95. The first-order valence-electron chi connectivity index (χ1n) is 14.3. The molecule has 3 amide bonds. The van der Waals surface area contributed by atoms with Crippen LogP contribution in [0.5, 0.6) is 0 Å². The quantitative estimate of drug-likeness (QED) is 0.381. The largest absolute Gasteiger partial charge is 0.369 e. The number of hydrogen-bond donors (Lipinski definition) is 1. The van der Waals surface area contributed by atoms with E-state index in [2.05, 4.69) is 17.1 Å². The summed E-state index contributed by atoms with van der Waals surface area (Å²) >= 11 is 0. The molecule has 210 valence electrons. The second-order valence-electron chi connectivity index (χ2n) is 10.1. The Morgan fingerprint density at radius 1 is 0.825 bits per heavy atom. The molecule has 0 aliphatic carbocycles. The van der Waals surface area contributed by atoms with E-state index in [1.165, 1.54) is 0 Å². The molecular formula is C33H40N4O3. The Bertz CT molecular complexity index is 1290. The molecule has 1 heterocycles. The Morgan fingerprint density at radius 3 is 2.15 bits per heavy atom. The van der Waals surface area contributed by atoms with Crippen molar-refractivity contribution in [2.75, 3.05) is 49.5 Å².